The van der Waals surface area contributed by atoms with E-state index < -0.39 is 6.09 Å². The summed E-state index contributed by atoms with van der Waals surface area (Å²) < 4.78 is 4.40. The van der Waals surface area contributed by atoms with Gasteiger partial charge < -0.3 is 10.1 Å². The summed E-state index contributed by atoms with van der Waals surface area (Å²) in [6.45, 7) is 1.97. The number of hydrogen-bond donors (Lipinski definition) is 2. The summed E-state index contributed by atoms with van der Waals surface area (Å²) in [6.07, 6.45) is 0.809. The standard InChI is InChI=1S/C17H17N3O3/c1-12-6-8-14(9-7-12)16(21)19-15-5-3-4-13(10-15)11-18-20-17(22)23-2/h3-11H,1-2H3,(H,19,21)(H,20,22)/b18-11+. The van der Waals surface area contributed by atoms with Crippen LogP contribution in [0.2, 0.25) is 0 Å². The Morgan fingerprint density at radius 3 is 2.57 bits per heavy atom. The van der Waals surface area contributed by atoms with Gasteiger partial charge in [0.1, 0.15) is 0 Å². The summed E-state index contributed by atoms with van der Waals surface area (Å²) in [6, 6.07) is 14.4. The van der Waals surface area contributed by atoms with E-state index in [9.17, 15) is 9.59 Å². The number of benzene rings is 2. The van der Waals surface area contributed by atoms with Gasteiger partial charge in [-0.3, -0.25) is 4.79 Å². The molecule has 0 saturated heterocycles. The highest BCUT2D eigenvalue weighted by Gasteiger charge is 2.05. The monoisotopic (exact) mass is 311 g/mol. The van der Waals surface area contributed by atoms with E-state index in [4.69, 9.17) is 0 Å². The SMILES string of the molecule is COC(=O)N/N=C/c1cccc(NC(=O)c2ccc(C)cc2)c1. The van der Waals surface area contributed by atoms with Gasteiger partial charge in [0.25, 0.3) is 5.91 Å². The zero-order valence-corrected chi connectivity index (χ0v) is 12.9. The minimum atomic E-state index is -0.648. The van der Waals surface area contributed by atoms with E-state index in [1.165, 1.54) is 13.3 Å². The van der Waals surface area contributed by atoms with Crippen molar-refractivity contribution in [2.24, 2.45) is 5.10 Å². The molecular weight excluding hydrogens is 294 g/mol. The van der Waals surface area contributed by atoms with E-state index in [0.717, 1.165) is 11.1 Å². The molecule has 0 atom stereocenters. The lowest BCUT2D eigenvalue weighted by atomic mass is 10.1. The Balaban J connectivity index is 2.03. The van der Waals surface area contributed by atoms with Crippen LogP contribution in [0.25, 0.3) is 0 Å². The Morgan fingerprint density at radius 1 is 1.13 bits per heavy atom. The molecule has 0 bridgehead atoms. The smallest absolute Gasteiger partial charge is 0.427 e. The molecule has 2 rings (SSSR count). The van der Waals surface area contributed by atoms with Gasteiger partial charge in [0.15, 0.2) is 0 Å². The second-order valence-corrected chi connectivity index (χ2v) is 4.81. The van der Waals surface area contributed by atoms with E-state index in [1.54, 1.807) is 36.4 Å². The third kappa shape index (κ3) is 4.96. The summed E-state index contributed by atoms with van der Waals surface area (Å²) >= 11 is 0. The molecule has 0 heterocycles. The molecule has 118 valence electrons. The second-order valence-electron chi connectivity index (χ2n) is 4.81. The average Bonchev–Trinajstić information content (AvgIpc) is 2.55. The quantitative estimate of drug-likeness (QED) is 0.673. The van der Waals surface area contributed by atoms with Crippen LogP contribution in [0.4, 0.5) is 10.5 Å². The fraction of sp³-hybridized carbons (Fsp3) is 0.118. The van der Waals surface area contributed by atoms with Crippen LogP contribution in [0.5, 0.6) is 0 Å². The molecule has 6 nitrogen and oxygen atoms in total. The zero-order valence-electron chi connectivity index (χ0n) is 12.9. The van der Waals surface area contributed by atoms with Crippen LogP contribution in [0.15, 0.2) is 53.6 Å². The molecule has 0 aromatic heterocycles. The van der Waals surface area contributed by atoms with Crippen molar-refractivity contribution in [1.82, 2.24) is 5.43 Å². The molecule has 2 aromatic rings. The number of methoxy groups -OCH3 is 1. The van der Waals surface area contributed by atoms with Crippen molar-refractivity contribution in [3.05, 3.63) is 65.2 Å². The molecule has 0 radical (unpaired) electrons. The molecule has 0 aliphatic carbocycles. The number of ether oxygens (including phenoxy) is 1. The van der Waals surface area contributed by atoms with Gasteiger partial charge in [0.2, 0.25) is 0 Å². The Kier molecular flexibility index (Phi) is 5.46. The fourth-order valence-electron chi connectivity index (χ4n) is 1.81. The number of hydrogen-bond acceptors (Lipinski definition) is 4. The summed E-state index contributed by atoms with van der Waals surface area (Å²) in [5.41, 5.74) is 5.24. The minimum absolute atomic E-state index is 0.188. The number of rotatable bonds is 4. The van der Waals surface area contributed by atoms with Crippen LogP contribution >= 0.6 is 0 Å². The minimum Gasteiger partial charge on any atom is -0.452 e. The van der Waals surface area contributed by atoms with Crippen molar-refractivity contribution in [3.63, 3.8) is 0 Å². The normalized spacial score (nSPS) is 10.3. The van der Waals surface area contributed by atoms with Gasteiger partial charge in [0, 0.05) is 11.3 Å². The van der Waals surface area contributed by atoms with Crippen LogP contribution in [0.3, 0.4) is 0 Å². The lowest BCUT2D eigenvalue weighted by molar-refractivity contribution is 0.102. The van der Waals surface area contributed by atoms with Crippen molar-refractivity contribution < 1.29 is 14.3 Å². The van der Waals surface area contributed by atoms with Gasteiger partial charge in [-0.1, -0.05) is 29.8 Å². The van der Waals surface area contributed by atoms with Gasteiger partial charge >= 0.3 is 6.09 Å². The molecule has 2 amide bonds. The van der Waals surface area contributed by atoms with Crippen molar-refractivity contribution >= 4 is 23.9 Å². The first-order valence-corrected chi connectivity index (χ1v) is 6.93. The van der Waals surface area contributed by atoms with E-state index >= 15 is 0 Å². The number of anilines is 1. The molecule has 0 unspecified atom stereocenters. The van der Waals surface area contributed by atoms with Crippen molar-refractivity contribution in [2.45, 2.75) is 6.92 Å². The maximum Gasteiger partial charge on any atom is 0.427 e. The molecule has 0 spiro atoms. The van der Waals surface area contributed by atoms with Gasteiger partial charge in [-0.25, -0.2) is 10.2 Å². The Morgan fingerprint density at radius 2 is 1.87 bits per heavy atom. The Hall–Kier alpha value is -3.15. The molecule has 2 aromatic carbocycles. The molecule has 23 heavy (non-hydrogen) atoms. The van der Waals surface area contributed by atoms with Gasteiger partial charge in [-0.2, -0.15) is 5.10 Å². The van der Waals surface area contributed by atoms with E-state index in [1.807, 2.05) is 19.1 Å². The number of nitrogens with one attached hydrogen (secondary N) is 2. The highest BCUT2D eigenvalue weighted by atomic mass is 16.5. The number of carbonyl (C=O) groups is 2. The third-order valence-electron chi connectivity index (χ3n) is 3.01. The van der Waals surface area contributed by atoms with Crippen molar-refractivity contribution in [1.29, 1.82) is 0 Å². The molecule has 6 heteroatoms. The highest BCUT2D eigenvalue weighted by molar-refractivity contribution is 6.04. The lowest BCUT2D eigenvalue weighted by Gasteiger charge is -2.06. The molecule has 0 aliphatic rings. The number of aryl methyl sites for hydroxylation is 1. The average molecular weight is 311 g/mol. The maximum atomic E-state index is 12.2. The number of carbonyl (C=O) groups excluding carboxylic acids is 2. The van der Waals surface area contributed by atoms with Crippen molar-refractivity contribution in [2.75, 3.05) is 12.4 Å². The molecule has 0 aliphatic heterocycles. The largest absolute Gasteiger partial charge is 0.452 e. The first kappa shape index (κ1) is 16.2. The van der Waals surface area contributed by atoms with Crippen LogP contribution in [-0.4, -0.2) is 25.3 Å². The number of nitrogens with zero attached hydrogens (tertiary/aromatic N) is 1. The molecule has 2 N–H and O–H groups in total. The third-order valence-corrected chi connectivity index (χ3v) is 3.01. The van der Waals surface area contributed by atoms with Crippen LogP contribution in [0.1, 0.15) is 21.5 Å². The van der Waals surface area contributed by atoms with Crippen LogP contribution < -0.4 is 10.7 Å². The summed E-state index contributed by atoms with van der Waals surface area (Å²) in [7, 11) is 1.26. The number of amides is 2. The van der Waals surface area contributed by atoms with E-state index in [2.05, 4.69) is 20.6 Å². The molecule has 0 fully saturated rings. The first-order valence-electron chi connectivity index (χ1n) is 6.93. The summed E-state index contributed by atoms with van der Waals surface area (Å²) in [5.74, 6) is -0.188. The lowest BCUT2D eigenvalue weighted by Crippen LogP contribution is -2.16. The van der Waals surface area contributed by atoms with Gasteiger partial charge in [-0.05, 0) is 36.8 Å². The summed E-state index contributed by atoms with van der Waals surface area (Å²) in [5, 5.41) is 6.55. The topological polar surface area (TPSA) is 79.8 Å². The van der Waals surface area contributed by atoms with Crippen LogP contribution in [-0.2, 0) is 4.74 Å². The predicted molar refractivity (Wildman–Crippen MR) is 88.7 cm³/mol. The second kappa shape index (κ2) is 7.74. The predicted octanol–water partition coefficient (Wildman–Crippen LogP) is 2.94. The zero-order chi connectivity index (χ0) is 16.7. The summed E-state index contributed by atoms with van der Waals surface area (Å²) in [4.78, 5) is 23.1. The van der Waals surface area contributed by atoms with Crippen molar-refractivity contribution in [3.8, 4) is 0 Å². The highest BCUT2D eigenvalue weighted by Crippen LogP contribution is 2.12. The first-order chi connectivity index (χ1) is 11.1. The van der Waals surface area contributed by atoms with Gasteiger partial charge in [0.05, 0.1) is 13.3 Å². The number of hydrazone groups is 1. The fourth-order valence-corrected chi connectivity index (χ4v) is 1.81. The van der Waals surface area contributed by atoms with Crippen LogP contribution in [0, 0.1) is 6.92 Å². The van der Waals surface area contributed by atoms with Gasteiger partial charge in [-0.15, -0.1) is 0 Å². The van der Waals surface area contributed by atoms with E-state index in [0.29, 0.717) is 11.3 Å². The molecule has 0 saturated carbocycles. The molecular formula is C17H17N3O3. The van der Waals surface area contributed by atoms with E-state index in [-0.39, 0.29) is 5.91 Å². The Bertz CT molecular complexity index is 724. The maximum absolute atomic E-state index is 12.2. The Labute approximate surface area is 134 Å².